The van der Waals surface area contributed by atoms with E-state index in [1.165, 1.54) is 0 Å². The van der Waals surface area contributed by atoms with Crippen molar-refractivity contribution in [3.05, 3.63) is 18.7 Å². The Morgan fingerprint density at radius 3 is 2.89 bits per heavy atom. The van der Waals surface area contributed by atoms with E-state index in [2.05, 4.69) is 24.1 Å². The fraction of sp³-hybridized carbons (Fsp3) is 0.692. The topological polar surface area (TPSA) is 56.1 Å². The zero-order valence-corrected chi connectivity index (χ0v) is 11.4. The molecule has 1 heterocycles. The van der Waals surface area contributed by atoms with E-state index in [0.717, 1.165) is 19.4 Å². The predicted octanol–water partition coefficient (Wildman–Crippen LogP) is 2.43. The third-order valence-electron chi connectivity index (χ3n) is 3.16. The molecule has 18 heavy (non-hydrogen) atoms. The molecule has 102 valence electrons. The number of carbonyl (C=O) groups excluding carboxylic acids is 1. The molecule has 0 aromatic carbocycles. The predicted molar refractivity (Wildman–Crippen MR) is 70.2 cm³/mol. The highest BCUT2D eigenvalue weighted by atomic mass is 16.6. The molecule has 0 fully saturated rings. The van der Waals surface area contributed by atoms with E-state index in [1.807, 2.05) is 17.7 Å². The van der Waals surface area contributed by atoms with Crippen molar-refractivity contribution in [1.82, 2.24) is 14.9 Å². The molecule has 2 atom stereocenters. The smallest absolute Gasteiger partial charge is 0.407 e. The maximum Gasteiger partial charge on any atom is 0.407 e. The standard InChI is InChI=1S/C13H23N3O2/c1-4-11(2)12(3)18-13(17)15-6-5-8-16-9-7-14-10-16/h7,9-12H,4-6,8H2,1-3H3,(H,15,17). The number of rotatable bonds is 7. The second-order valence-electron chi connectivity index (χ2n) is 4.58. The van der Waals surface area contributed by atoms with Crippen LogP contribution in [-0.4, -0.2) is 28.3 Å². The minimum atomic E-state index is -0.326. The second-order valence-corrected chi connectivity index (χ2v) is 4.58. The highest BCUT2D eigenvalue weighted by Crippen LogP contribution is 2.10. The van der Waals surface area contributed by atoms with Crippen molar-refractivity contribution in [3.63, 3.8) is 0 Å². The van der Waals surface area contributed by atoms with Gasteiger partial charge in [-0.15, -0.1) is 0 Å². The summed E-state index contributed by atoms with van der Waals surface area (Å²) in [6.45, 7) is 7.56. The van der Waals surface area contributed by atoms with Gasteiger partial charge in [0.1, 0.15) is 6.10 Å². The molecule has 0 spiro atoms. The molecular formula is C13H23N3O2. The first-order chi connectivity index (χ1) is 8.63. The molecule has 2 unspecified atom stereocenters. The van der Waals surface area contributed by atoms with E-state index in [0.29, 0.717) is 12.5 Å². The Kier molecular flexibility index (Phi) is 6.25. The second kappa shape index (κ2) is 7.74. The quantitative estimate of drug-likeness (QED) is 0.759. The summed E-state index contributed by atoms with van der Waals surface area (Å²) in [7, 11) is 0. The molecule has 5 nitrogen and oxygen atoms in total. The lowest BCUT2D eigenvalue weighted by atomic mass is 10.0. The third kappa shape index (κ3) is 5.21. The summed E-state index contributed by atoms with van der Waals surface area (Å²) >= 11 is 0. The van der Waals surface area contributed by atoms with Crippen molar-refractivity contribution < 1.29 is 9.53 Å². The SMILES string of the molecule is CCC(C)C(C)OC(=O)NCCCn1ccnc1. The number of ether oxygens (including phenoxy) is 1. The van der Waals surface area contributed by atoms with Crippen molar-refractivity contribution in [3.8, 4) is 0 Å². The van der Waals surface area contributed by atoms with Gasteiger partial charge in [-0.1, -0.05) is 20.3 Å². The van der Waals surface area contributed by atoms with Gasteiger partial charge in [0.2, 0.25) is 0 Å². The Labute approximate surface area is 109 Å². The number of aromatic nitrogens is 2. The number of nitrogens with zero attached hydrogens (tertiary/aromatic N) is 2. The Morgan fingerprint density at radius 2 is 2.28 bits per heavy atom. The lowest BCUT2D eigenvalue weighted by Crippen LogP contribution is -2.31. The van der Waals surface area contributed by atoms with Crippen molar-refractivity contribution in [2.45, 2.75) is 46.3 Å². The summed E-state index contributed by atoms with van der Waals surface area (Å²) in [5.41, 5.74) is 0. The molecule has 0 bridgehead atoms. The minimum absolute atomic E-state index is 0.0383. The van der Waals surface area contributed by atoms with Gasteiger partial charge in [-0.3, -0.25) is 0 Å². The number of amides is 1. The van der Waals surface area contributed by atoms with Crippen molar-refractivity contribution in [1.29, 1.82) is 0 Å². The number of imidazole rings is 1. The van der Waals surface area contributed by atoms with Crippen LogP contribution < -0.4 is 5.32 Å². The molecule has 0 saturated heterocycles. The number of alkyl carbamates (subject to hydrolysis) is 1. The molecule has 1 aromatic rings. The Morgan fingerprint density at radius 1 is 1.50 bits per heavy atom. The Balaban J connectivity index is 2.10. The molecule has 0 aliphatic rings. The number of nitrogens with one attached hydrogen (secondary N) is 1. The zero-order chi connectivity index (χ0) is 13.4. The Hall–Kier alpha value is -1.52. The summed E-state index contributed by atoms with van der Waals surface area (Å²) in [6.07, 6.45) is 6.93. The van der Waals surface area contributed by atoms with Gasteiger partial charge >= 0.3 is 6.09 Å². The molecule has 5 heteroatoms. The summed E-state index contributed by atoms with van der Waals surface area (Å²) < 4.78 is 7.25. The molecule has 1 amide bonds. The Bertz CT molecular complexity index is 338. The highest BCUT2D eigenvalue weighted by Gasteiger charge is 2.14. The van der Waals surface area contributed by atoms with Gasteiger partial charge in [-0.25, -0.2) is 9.78 Å². The van der Waals surface area contributed by atoms with Crippen LogP contribution in [0.25, 0.3) is 0 Å². The number of hydrogen-bond acceptors (Lipinski definition) is 3. The first kappa shape index (κ1) is 14.5. The fourth-order valence-electron chi connectivity index (χ4n) is 1.53. The van der Waals surface area contributed by atoms with E-state index in [-0.39, 0.29) is 12.2 Å². The first-order valence-corrected chi connectivity index (χ1v) is 6.53. The average Bonchev–Trinajstić information content (AvgIpc) is 2.86. The molecule has 0 aliphatic carbocycles. The monoisotopic (exact) mass is 253 g/mol. The lowest BCUT2D eigenvalue weighted by molar-refractivity contribution is 0.0763. The molecule has 1 aromatic heterocycles. The molecule has 1 rings (SSSR count). The van der Waals surface area contributed by atoms with Crippen LogP contribution in [-0.2, 0) is 11.3 Å². The van der Waals surface area contributed by atoms with E-state index in [4.69, 9.17) is 4.74 Å². The van der Waals surface area contributed by atoms with Gasteiger partial charge in [0.05, 0.1) is 6.33 Å². The van der Waals surface area contributed by atoms with Gasteiger partial charge in [0, 0.05) is 25.5 Å². The van der Waals surface area contributed by atoms with Crippen LogP contribution in [0.2, 0.25) is 0 Å². The van der Waals surface area contributed by atoms with E-state index >= 15 is 0 Å². The van der Waals surface area contributed by atoms with E-state index in [9.17, 15) is 4.79 Å². The summed E-state index contributed by atoms with van der Waals surface area (Å²) in [4.78, 5) is 15.4. The average molecular weight is 253 g/mol. The van der Waals surface area contributed by atoms with Crippen LogP contribution >= 0.6 is 0 Å². The van der Waals surface area contributed by atoms with Crippen molar-refractivity contribution in [2.75, 3.05) is 6.54 Å². The fourth-order valence-corrected chi connectivity index (χ4v) is 1.53. The van der Waals surface area contributed by atoms with E-state index < -0.39 is 0 Å². The largest absolute Gasteiger partial charge is 0.446 e. The van der Waals surface area contributed by atoms with Crippen LogP contribution in [0.15, 0.2) is 18.7 Å². The van der Waals surface area contributed by atoms with Crippen molar-refractivity contribution in [2.24, 2.45) is 5.92 Å². The van der Waals surface area contributed by atoms with Crippen LogP contribution in [0.3, 0.4) is 0 Å². The van der Waals surface area contributed by atoms with E-state index in [1.54, 1.807) is 12.5 Å². The van der Waals surface area contributed by atoms with Gasteiger partial charge in [-0.2, -0.15) is 0 Å². The van der Waals surface area contributed by atoms with Crippen LogP contribution in [0, 0.1) is 5.92 Å². The van der Waals surface area contributed by atoms with Gasteiger partial charge in [0.25, 0.3) is 0 Å². The highest BCUT2D eigenvalue weighted by molar-refractivity contribution is 5.67. The van der Waals surface area contributed by atoms with Crippen LogP contribution in [0.4, 0.5) is 4.79 Å². The number of hydrogen-bond donors (Lipinski definition) is 1. The maximum atomic E-state index is 11.5. The lowest BCUT2D eigenvalue weighted by Gasteiger charge is -2.19. The minimum Gasteiger partial charge on any atom is -0.446 e. The number of carbonyl (C=O) groups is 1. The normalized spacial score (nSPS) is 13.9. The van der Waals surface area contributed by atoms with Gasteiger partial charge < -0.3 is 14.6 Å². The zero-order valence-electron chi connectivity index (χ0n) is 11.4. The molecule has 0 radical (unpaired) electrons. The number of aryl methyl sites for hydroxylation is 1. The summed E-state index contributed by atoms with van der Waals surface area (Å²) in [6, 6.07) is 0. The molecule has 0 aliphatic heterocycles. The third-order valence-corrected chi connectivity index (χ3v) is 3.16. The summed E-state index contributed by atoms with van der Waals surface area (Å²) in [5.74, 6) is 0.390. The van der Waals surface area contributed by atoms with Crippen LogP contribution in [0.1, 0.15) is 33.6 Å². The maximum absolute atomic E-state index is 11.5. The van der Waals surface area contributed by atoms with Gasteiger partial charge in [-0.05, 0) is 19.3 Å². The van der Waals surface area contributed by atoms with Crippen LogP contribution in [0.5, 0.6) is 0 Å². The van der Waals surface area contributed by atoms with Crippen molar-refractivity contribution >= 4 is 6.09 Å². The molecule has 0 saturated carbocycles. The molecule has 1 N–H and O–H groups in total. The molecular weight excluding hydrogens is 230 g/mol. The summed E-state index contributed by atoms with van der Waals surface area (Å²) in [5, 5.41) is 2.76. The van der Waals surface area contributed by atoms with Gasteiger partial charge in [0.15, 0.2) is 0 Å². The first-order valence-electron chi connectivity index (χ1n) is 6.53.